The molecule has 6 nitrogen and oxygen atoms in total. The zero-order valence-corrected chi connectivity index (χ0v) is 11.1. The number of ether oxygens (including phenoxy) is 1. The highest BCUT2D eigenvalue weighted by atomic mass is 16.5. The molecule has 0 spiro atoms. The first kappa shape index (κ1) is 12.7. The van der Waals surface area contributed by atoms with Gasteiger partial charge in [-0.25, -0.2) is 0 Å². The number of amides is 1. The average molecular weight is 273 g/mol. The number of methoxy groups -OCH3 is 1. The lowest BCUT2D eigenvalue weighted by molar-refractivity contribution is -0.122. The average Bonchev–Trinajstić information content (AvgIpc) is 3.24. The number of nitrogens with zero attached hydrogens (tertiary/aromatic N) is 2. The quantitative estimate of drug-likeness (QED) is 0.898. The molecule has 1 aliphatic carbocycles. The summed E-state index contributed by atoms with van der Waals surface area (Å²) in [5.74, 6) is 1.85. The molecule has 0 bridgehead atoms. The first-order valence-corrected chi connectivity index (χ1v) is 6.51. The van der Waals surface area contributed by atoms with Crippen molar-refractivity contribution in [1.82, 2.24) is 15.5 Å². The fourth-order valence-electron chi connectivity index (χ4n) is 1.83. The summed E-state index contributed by atoms with van der Waals surface area (Å²) in [6, 6.07) is 7.35. The number of hydrogen-bond acceptors (Lipinski definition) is 5. The highest BCUT2D eigenvalue weighted by molar-refractivity contribution is 5.80. The molecule has 6 heteroatoms. The van der Waals surface area contributed by atoms with Gasteiger partial charge in [0.1, 0.15) is 5.75 Å². The Hall–Kier alpha value is -2.37. The smallest absolute Gasteiger partial charge is 0.247 e. The van der Waals surface area contributed by atoms with Crippen molar-refractivity contribution in [2.24, 2.45) is 5.92 Å². The van der Waals surface area contributed by atoms with Crippen LogP contribution in [-0.2, 0) is 11.3 Å². The summed E-state index contributed by atoms with van der Waals surface area (Å²) in [4.78, 5) is 11.5. The molecular formula is C14H15N3O3. The first-order valence-electron chi connectivity index (χ1n) is 6.51. The number of rotatable bonds is 5. The van der Waals surface area contributed by atoms with Crippen LogP contribution < -0.4 is 10.1 Å². The minimum Gasteiger partial charge on any atom is -0.497 e. The van der Waals surface area contributed by atoms with Gasteiger partial charge in [-0.1, -0.05) is 0 Å². The molecule has 1 heterocycles. The van der Waals surface area contributed by atoms with Crippen molar-refractivity contribution in [3.63, 3.8) is 0 Å². The molecule has 1 aromatic heterocycles. The minimum absolute atomic E-state index is 0.0641. The van der Waals surface area contributed by atoms with Crippen LogP contribution in [0.2, 0.25) is 0 Å². The Morgan fingerprint density at radius 2 is 2.10 bits per heavy atom. The van der Waals surface area contributed by atoms with Gasteiger partial charge >= 0.3 is 0 Å². The molecule has 104 valence electrons. The van der Waals surface area contributed by atoms with Gasteiger partial charge in [0.2, 0.25) is 17.7 Å². The normalized spacial score (nSPS) is 14.1. The van der Waals surface area contributed by atoms with E-state index in [1.54, 1.807) is 7.11 Å². The molecule has 1 fully saturated rings. The van der Waals surface area contributed by atoms with Crippen LogP contribution in [0.4, 0.5) is 0 Å². The Kier molecular flexibility index (Phi) is 3.37. The topological polar surface area (TPSA) is 77.3 Å². The fourth-order valence-corrected chi connectivity index (χ4v) is 1.83. The molecule has 2 aromatic rings. The van der Waals surface area contributed by atoms with Gasteiger partial charge in [-0.05, 0) is 37.1 Å². The maximum atomic E-state index is 11.5. The van der Waals surface area contributed by atoms with Crippen molar-refractivity contribution in [3.8, 4) is 17.2 Å². The van der Waals surface area contributed by atoms with Crippen LogP contribution in [0.3, 0.4) is 0 Å². The molecule has 1 aromatic carbocycles. The van der Waals surface area contributed by atoms with Crippen LogP contribution in [-0.4, -0.2) is 23.2 Å². The first-order chi connectivity index (χ1) is 9.76. The Morgan fingerprint density at radius 3 is 2.75 bits per heavy atom. The van der Waals surface area contributed by atoms with Gasteiger partial charge < -0.3 is 14.5 Å². The molecule has 0 aliphatic heterocycles. The number of benzene rings is 1. The Labute approximate surface area is 116 Å². The zero-order valence-electron chi connectivity index (χ0n) is 11.1. The lowest BCUT2D eigenvalue weighted by Crippen LogP contribution is -2.24. The Morgan fingerprint density at radius 1 is 1.35 bits per heavy atom. The lowest BCUT2D eigenvalue weighted by Gasteiger charge is -2.00. The molecule has 1 amide bonds. The molecule has 1 N–H and O–H groups in total. The highest BCUT2D eigenvalue weighted by Gasteiger charge is 2.29. The van der Waals surface area contributed by atoms with Gasteiger partial charge in [-0.3, -0.25) is 4.79 Å². The van der Waals surface area contributed by atoms with Crippen molar-refractivity contribution in [1.29, 1.82) is 0 Å². The number of carbonyl (C=O) groups excluding carboxylic acids is 1. The molecule has 0 unspecified atom stereocenters. The summed E-state index contributed by atoms with van der Waals surface area (Å²) in [5.41, 5.74) is 0.818. The van der Waals surface area contributed by atoms with Gasteiger partial charge in [-0.2, -0.15) is 0 Å². The van der Waals surface area contributed by atoms with Crippen molar-refractivity contribution in [2.45, 2.75) is 19.4 Å². The van der Waals surface area contributed by atoms with E-state index in [0.29, 0.717) is 11.8 Å². The molecule has 0 saturated heterocycles. The summed E-state index contributed by atoms with van der Waals surface area (Å²) >= 11 is 0. The second-order valence-corrected chi connectivity index (χ2v) is 4.72. The van der Waals surface area contributed by atoms with Crippen LogP contribution >= 0.6 is 0 Å². The second-order valence-electron chi connectivity index (χ2n) is 4.72. The molecule has 1 aliphatic rings. The van der Waals surface area contributed by atoms with Crippen LogP contribution in [0.5, 0.6) is 5.75 Å². The summed E-state index contributed by atoms with van der Waals surface area (Å²) < 4.78 is 10.6. The van der Waals surface area contributed by atoms with Crippen LogP contribution in [0, 0.1) is 5.92 Å². The molecule has 20 heavy (non-hydrogen) atoms. The van der Waals surface area contributed by atoms with Crippen molar-refractivity contribution in [2.75, 3.05) is 7.11 Å². The van der Waals surface area contributed by atoms with E-state index in [4.69, 9.17) is 9.15 Å². The van der Waals surface area contributed by atoms with Gasteiger partial charge in [0.15, 0.2) is 0 Å². The molecular weight excluding hydrogens is 258 g/mol. The molecule has 0 radical (unpaired) electrons. The Balaban J connectivity index is 1.64. The zero-order chi connectivity index (χ0) is 13.9. The summed E-state index contributed by atoms with van der Waals surface area (Å²) in [7, 11) is 1.61. The van der Waals surface area contributed by atoms with Gasteiger partial charge in [0, 0.05) is 11.5 Å². The predicted molar refractivity (Wildman–Crippen MR) is 70.9 cm³/mol. The van der Waals surface area contributed by atoms with E-state index in [2.05, 4.69) is 15.5 Å². The third-order valence-corrected chi connectivity index (χ3v) is 3.17. The third-order valence-electron chi connectivity index (χ3n) is 3.17. The second kappa shape index (κ2) is 5.32. The SMILES string of the molecule is COc1ccc(-c2nnc(CNC(=O)C3CC3)o2)cc1. The van der Waals surface area contributed by atoms with E-state index in [1.807, 2.05) is 24.3 Å². The van der Waals surface area contributed by atoms with E-state index in [0.717, 1.165) is 24.2 Å². The van der Waals surface area contributed by atoms with E-state index >= 15 is 0 Å². The fraction of sp³-hybridized carbons (Fsp3) is 0.357. The van der Waals surface area contributed by atoms with Crippen LogP contribution in [0.15, 0.2) is 28.7 Å². The highest BCUT2D eigenvalue weighted by Crippen LogP contribution is 2.28. The third kappa shape index (κ3) is 2.79. The predicted octanol–water partition coefficient (Wildman–Crippen LogP) is 1.77. The number of carbonyl (C=O) groups is 1. The van der Waals surface area contributed by atoms with Crippen molar-refractivity contribution < 1.29 is 13.9 Å². The monoisotopic (exact) mass is 273 g/mol. The largest absolute Gasteiger partial charge is 0.497 e. The van der Waals surface area contributed by atoms with E-state index in [-0.39, 0.29) is 18.4 Å². The number of nitrogens with one attached hydrogen (secondary N) is 1. The summed E-state index contributed by atoms with van der Waals surface area (Å²) in [6.45, 7) is 0.276. The van der Waals surface area contributed by atoms with Crippen LogP contribution in [0.1, 0.15) is 18.7 Å². The summed E-state index contributed by atoms with van der Waals surface area (Å²) in [5, 5.41) is 10.7. The van der Waals surface area contributed by atoms with E-state index in [1.165, 1.54) is 0 Å². The van der Waals surface area contributed by atoms with E-state index in [9.17, 15) is 4.79 Å². The standard InChI is InChI=1S/C14H15N3O3/c1-19-11-6-4-10(5-7-11)14-17-16-12(20-14)8-15-13(18)9-2-3-9/h4-7,9H,2-3,8H2,1H3,(H,15,18). The van der Waals surface area contributed by atoms with Crippen molar-refractivity contribution >= 4 is 5.91 Å². The van der Waals surface area contributed by atoms with Gasteiger partial charge in [0.25, 0.3) is 0 Å². The molecule has 0 atom stereocenters. The lowest BCUT2D eigenvalue weighted by atomic mass is 10.2. The van der Waals surface area contributed by atoms with Crippen LogP contribution in [0.25, 0.3) is 11.5 Å². The summed E-state index contributed by atoms with van der Waals surface area (Å²) in [6.07, 6.45) is 1.96. The van der Waals surface area contributed by atoms with Crippen molar-refractivity contribution in [3.05, 3.63) is 30.2 Å². The maximum Gasteiger partial charge on any atom is 0.247 e. The van der Waals surface area contributed by atoms with E-state index < -0.39 is 0 Å². The number of hydrogen-bond donors (Lipinski definition) is 1. The maximum absolute atomic E-state index is 11.5. The minimum atomic E-state index is 0.0641. The number of aromatic nitrogens is 2. The Bertz CT molecular complexity index is 602. The van der Waals surface area contributed by atoms with Gasteiger partial charge in [-0.15, -0.1) is 10.2 Å². The molecule has 1 saturated carbocycles. The van der Waals surface area contributed by atoms with Gasteiger partial charge in [0.05, 0.1) is 13.7 Å². The molecule has 3 rings (SSSR count).